The molecule has 2 N–H and O–H groups in total. The van der Waals surface area contributed by atoms with Crippen molar-refractivity contribution < 1.29 is 36.2 Å². The lowest BCUT2D eigenvalue weighted by Gasteiger charge is -2.33. The summed E-state index contributed by atoms with van der Waals surface area (Å²) in [6, 6.07) is 3.13. The predicted octanol–water partition coefficient (Wildman–Crippen LogP) is 5.86. The summed E-state index contributed by atoms with van der Waals surface area (Å²) in [4.78, 5) is 31.4. The smallest absolute Gasteiger partial charge is 0.342 e. The second kappa shape index (κ2) is 11.4. The van der Waals surface area contributed by atoms with Gasteiger partial charge in [0.2, 0.25) is 11.8 Å². The van der Waals surface area contributed by atoms with Gasteiger partial charge >= 0.3 is 6.18 Å². The average Bonchev–Trinajstić information content (AvgIpc) is 3.97. The van der Waals surface area contributed by atoms with E-state index in [4.69, 9.17) is 4.63 Å². The monoisotopic (exact) mass is 678 g/mol. The molecule has 0 aliphatic heterocycles. The Morgan fingerprint density at radius 3 is 2.43 bits per heavy atom. The predicted molar refractivity (Wildman–Crippen MR) is 154 cm³/mol. The van der Waals surface area contributed by atoms with E-state index in [1.54, 1.807) is 12.3 Å². The molecule has 0 spiro atoms. The molecule has 0 aromatic carbocycles. The van der Waals surface area contributed by atoms with E-state index in [9.17, 15) is 36.8 Å². The number of halogens is 5. The fourth-order valence-electron chi connectivity index (χ4n) is 6.31. The lowest BCUT2D eigenvalue weighted by Crippen LogP contribution is -2.41. The van der Waals surface area contributed by atoms with E-state index in [0.29, 0.717) is 34.8 Å². The molecule has 3 aromatic rings. The Kier molecular flexibility index (Phi) is 7.72. The molecular formula is C30H31F5N8O3S. The van der Waals surface area contributed by atoms with Crippen LogP contribution in [0.5, 0.6) is 0 Å². The third kappa shape index (κ3) is 6.40. The normalized spacial score (nSPS) is 22.6. The number of hydrogen-bond acceptors (Lipinski definition) is 9. The average molecular weight is 679 g/mol. The number of nitriles is 1. The zero-order chi connectivity index (χ0) is 33.2. The molecule has 0 bridgehead atoms. The van der Waals surface area contributed by atoms with Crippen molar-refractivity contribution in [1.29, 1.82) is 5.26 Å². The number of fused-ring (bicyclic) bond motifs is 1. The number of amides is 2. The zero-order valence-corrected chi connectivity index (χ0v) is 25.8. The summed E-state index contributed by atoms with van der Waals surface area (Å²) >= 11 is 1.11. The molecule has 11 nitrogen and oxygen atoms in total. The van der Waals surface area contributed by atoms with Gasteiger partial charge in [-0.15, -0.1) is 0 Å². The highest BCUT2D eigenvalue weighted by molar-refractivity contribution is 8.00. The summed E-state index contributed by atoms with van der Waals surface area (Å²) in [7, 11) is 0. The maximum Gasteiger partial charge on any atom is 0.395 e. The van der Waals surface area contributed by atoms with Gasteiger partial charge in [-0.3, -0.25) is 9.59 Å². The Bertz CT molecular complexity index is 1730. The maximum absolute atomic E-state index is 14.1. The molecular weight excluding hydrogens is 647 g/mol. The molecule has 4 aliphatic carbocycles. The second-order valence-electron chi connectivity index (χ2n) is 13.4. The van der Waals surface area contributed by atoms with Crippen molar-refractivity contribution in [2.24, 2.45) is 16.7 Å². The SMILES string of the molecule is N#CC1(C(NC(=O)CC2(C(F)(F)F)CC2)Sc2cnn3cc([C@@H](NC(=O)c4nonc4C4CC4)C4CCC(F)(F)CC4)nc3c2)CC1. The summed E-state index contributed by atoms with van der Waals surface area (Å²) < 4.78 is 74.9. The third-order valence-corrected chi connectivity index (χ3v) is 11.2. The van der Waals surface area contributed by atoms with Crippen molar-refractivity contribution in [3.63, 3.8) is 0 Å². The summed E-state index contributed by atoms with van der Waals surface area (Å²) in [5.41, 5.74) is -1.65. The quantitative estimate of drug-likeness (QED) is 0.144. The first-order valence-electron chi connectivity index (χ1n) is 15.6. The van der Waals surface area contributed by atoms with Gasteiger partial charge < -0.3 is 10.6 Å². The highest BCUT2D eigenvalue weighted by Gasteiger charge is 2.64. The topological polar surface area (TPSA) is 151 Å². The van der Waals surface area contributed by atoms with Gasteiger partial charge in [-0.2, -0.15) is 23.5 Å². The number of rotatable bonds is 11. The Morgan fingerprint density at radius 1 is 1.09 bits per heavy atom. The van der Waals surface area contributed by atoms with Crippen LogP contribution in [-0.4, -0.2) is 54.2 Å². The molecule has 17 heteroatoms. The molecule has 0 saturated heterocycles. The van der Waals surface area contributed by atoms with Crippen LogP contribution in [0, 0.1) is 28.1 Å². The Labute approximate surface area is 269 Å². The van der Waals surface area contributed by atoms with E-state index in [-0.39, 0.29) is 56.1 Å². The van der Waals surface area contributed by atoms with Gasteiger partial charge in [0.05, 0.1) is 46.4 Å². The van der Waals surface area contributed by atoms with E-state index in [1.165, 1.54) is 10.7 Å². The molecule has 3 aromatic heterocycles. The molecule has 4 saturated carbocycles. The van der Waals surface area contributed by atoms with E-state index in [1.807, 2.05) is 0 Å². The summed E-state index contributed by atoms with van der Waals surface area (Å²) in [6.07, 6.45) is 0.0770. The van der Waals surface area contributed by atoms with Gasteiger partial charge in [0, 0.05) is 30.1 Å². The van der Waals surface area contributed by atoms with Crippen LogP contribution in [0.15, 0.2) is 28.0 Å². The number of alkyl halides is 5. The van der Waals surface area contributed by atoms with Crippen LogP contribution < -0.4 is 10.6 Å². The molecule has 3 heterocycles. The van der Waals surface area contributed by atoms with E-state index in [0.717, 1.165) is 24.6 Å². The molecule has 1 unspecified atom stereocenters. The van der Waals surface area contributed by atoms with Gasteiger partial charge in [0.15, 0.2) is 11.3 Å². The molecule has 2 atom stereocenters. The maximum atomic E-state index is 14.1. The first kappa shape index (κ1) is 31.8. The van der Waals surface area contributed by atoms with Crippen molar-refractivity contribution in [3.05, 3.63) is 35.5 Å². The molecule has 4 aliphatic rings. The number of imidazole rings is 1. The van der Waals surface area contributed by atoms with Crippen molar-refractivity contribution in [2.75, 3.05) is 0 Å². The first-order chi connectivity index (χ1) is 22.3. The standard InChI is InChI=1S/C30H31F5N8O3S/c31-29(32)5-3-17(4-6-29)22(40-25(45)24-23(16-1-2-16)41-46-42-24)19-14-43-20(38-19)11-18(13-37-43)47-26(27(15-36)7-8-27)39-21(44)12-28(9-10-28)30(33,34)35/h11,13-14,16-17,22,26H,1-10,12H2,(H,39,44)(H,40,45)/t22-,26?/m0/s1. The molecule has 2 amide bonds. The fraction of sp³-hybridized carbons (Fsp3) is 0.633. The van der Waals surface area contributed by atoms with Crippen LogP contribution in [0.1, 0.15) is 104 Å². The van der Waals surface area contributed by atoms with E-state index in [2.05, 4.69) is 37.1 Å². The van der Waals surface area contributed by atoms with Crippen molar-refractivity contribution in [2.45, 2.75) is 105 Å². The van der Waals surface area contributed by atoms with Crippen molar-refractivity contribution >= 4 is 29.2 Å². The number of nitrogens with one attached hydrogen (secondary N) is 2. The minimum atomic E-state index is -4.48. The number of nitrogens with zero attached hydrogens (tertiary/aromatic N) is 6. The van der Waals surface area contributed by atoms with E-state index >= 15 is 0 Å². The van der Waals surface area contributed by atoms with Gasteiger partial charge in [0.1, 0.15) is 5.69 Å². The van der Waals surface area contributed by atoms with Crippen LogP contribution in [0.2, 0.25) is 0 Å². The second-order valence-corrected chi connectivity index (χ2v) is 14.5. The number of thioether (sulfide) groups is 1. The van der Waals surface area contributed by atoms with Crippen LogP contribution in [0.25, 0.3) is 5.65 Å². The molecule has 250 valence electrons. The van der Waals surface area contributed by atoms with Crippen LogP contribution in [-0.2, 0) is 4.79 Å². The number of hydrogen-bond donors (Lipinski definition) is 2. The Morgan fingerprint density at radius 2 is 1.81 bits per heavy atom. The van der Waals surface area contributed by atoms with Crippen molar-refractivity contribution in [1.82, 2.24) is 35.5 Å². The summed E-state index contributed by atoms with van der Waals surface area (Å²) in [6.45, 7) is 0. The zero-order valence-electron chi connectivity index (χ0n) is 25.0. The molecule has 7 rings (SSSR count). The van der Waals surface area contributed by atoms with Crippen molar-refractivity contribution in [3.8, 4) is 6.07 Å². The summed E-state index contributed by atoms with van der Waals surface area (Å²) in [5, 5.41) is 26.7. The number of carbonyl (C=O) groups is 2. The number of carbonyl (C=O) groups excluding carboxylic acids is 2. The van der Waals surface area contributed by atoms with Crippen LogP contribution in [0.4, 0.5) is 22.0 Å². The lowest BCUT2D eigenvalue weighted by atomic mass is 9.81. The highest BCUT2D eigenvalue weighted by atomic mass is 32.2. The van der Waals surface area contributed by atoms with E-state index < -0.39 is 52.6 Å². The van der Waals surface area contributed by atoms with Gasteiger partial charge in [-0.25, -0.2) is 22.9 Å². The number of aromatic nitrogens is 5. The lowest BCUT2D eigenvalue weighted by molar-refractivity contribution is -0.190. The molecule has 47 heavy (non-hydrogen) atoms. The Hall–Kier alpha value is -3.81. The minimum Gasteiger partial charge on any atom is -0.342 e. The van der Waals surface area contributed by atoms with Gasteiger partial charge in [-0.05, 0) is 68.5 Å². The third-order valence-electron chi connectivity index (χ3n) is 9.86. The molecule has 4 fully saturated rings. The minimum absolute atomic E-state index is 0.0571. The summed E-state index contributed by atoms with van der Waals surface area (Å²) in [5.74, 6) is -4.35. The van der Waals surface area contributed by atoms with Gasteiger partial charge in [0.25, 0.3) is 5.91 Å². The first-order valence-corrected chi connectivity index (χ1v) is 16.5. The highest BCUT2D eigenvalue weighted by Crippen LogP contribution is 2.60. The van der Waals surface area contributed by atoms with Crippen LogP contribution in [0.3, 0.4) is 0 Å². The fourth-order valence-corrected chi connectivity index (χ4v) is 7.57. The largest absolute Gasteiger partial charge is 0.395 e. The van der Waals surface area contributed by atoms with Crippen LogP contribution >= 0.6 is 11.8 Å². The van der Waals surface area contributed by atoms with Gasteiger partial charge in [-0.1, -0.05) is 16.9 Å². The molecule has 0 radical (unpaired) electrons. The Balaban J connectivity index is 1.12.